The molecule has 1 aliphatic carbocycles. The molecule has 2 aromatic rings. The fourth-order valence-electron chi connectivity index (χ4n) is 3.61. The van der Waals surface area contributed by atoms with Crippen LogP contribution in [-0.2, 0) is 27.1 Å². The Morgan fingerprint density at radius 1 is 1.09 bits per heavy atom. The first kappa shape index (κ1) is 23.8. The summed E-state index contributed by atoms with van der Waals surface area (Å²) in [6.45, 7) is 6.61. The Bertz CT molecular complexity index is 968. The molecule has 1 atom stereocenters. The molecule has 1 heterocycles. The summed E-state index contributed by atoms with van der Waals surface area (Å²) >= 11 is 1.47. The minimum atomic E-state index is -0.381. The number of amides is 1. The number of anilines is 2. The van der Waals surface area contributed by atoms with Crippen molar-refractivity contribution in [3.63, 3.8) is 0 Å². The molecule has 172 valence electrons. The van der Waals surface area contributed by atoms with Gasteiger partial charge in [-0.1, -0.05) is 13.8 Å². The minimum Gasteiger partial charge on any atom is -0.462 e. The number of benzene rings is 1. The highest BCUT2D eigenvalue weighted by atomic mass is 32.1. The highest BCUT2D eigenvalue weighted by Gasteiger charge is 2.29. The smallest absolute Gasteiger partial charge is 0.341 e. The number of hydrogen-bond donors (Lipinski definition) is 2. The van der Waals surface area contributed by atoms with Gasteiger partial charge in [0.1, 0.15) is 5.00 Å². The summed E-state index contributed by atoms with van der Waals surface area (Å²) < 4.78 is 10.4. The highest BCUT2D eigenvalue weighted by Crippen LogP contribution is 2.40. The highest BCUT2D eigenvalue weighted by molar-refractivity contribution is 7.17. The van der Waals surface area contributed by atoms with Gasteiger partial charge in [-0.05, 0) is 68.4 Å². The lowest BCUT2D eigenvalue weighted by molar-refractivity contribution is -0.114. The Balaban J connectivity index is 1.63. The van der Waals surface area contributed by atoms with E-state index in [4.69, 9.17) is 9.47 Å². The van der Waals surface area contributed by atoms with Crippen LogP contribution in [0.5, 0.6) is 0 Å². The summed E-state index contributed by atoms with van der Waals surface area (Å²) in [5, 5.41) is 6.49. The van der Waals surface area contributed by atoms with E-state index in [1.165, 1.54) is 11.3 Å². The molecule has 1 aromatic heterocycles. The number of fused-ring (bicyclic) bond motifs is 1. The van der Waals surface area contributed by atoms with E-state index in [1.807, 2.05) is 6.92 Å². The third kappa shape index (κ3) is 5.88. The van der Waals surface area contributed by atoms with Gasteiger partial charge in [0, 0.05) is 10.6 Å². The van der Waals surface area contributed by atoms with E-state index in [9.17, 15) is 14.4 Å². The Hall–Kier alpha value is -2.87. The van der Waals surface area contributed by atoms with Gasteiger partial charge in [0.25, 0.3) is 0 Å². The predicted molar refractivity (Wildman–Crippen MR) is 126 cm³/mol. The average molecular weight is 459 g/mol. The third-order valence-corrected chi connectivity index (χ3v) is 6.42. The van der Waals surface area contributed by atoms with Crippen molar-refractivity contribution >= 4 is 39.9 Å². The number of nitrogens with one attached hydrogen (secondary N) is 2. The van der Waals surface area contributed by atoms with Crippen LogP contribution in [0.25, 0.3) is 0 Å². The second kappa shape index (κ2) is 11.1. The number of carbonyl (C=O) groups excluding carboxylic acids is 3. The zero-order valence-corrected chi connectivity index (χ0v) is 19.6. The minimum absolute atomic E-state index is 0.0286. The SMILES string of the molecule is CCCOC(=O)c1ccc(NCC(=O)Nc2sc3c(c2C(=O)OCC)CCC(C)C3)cc1. The molecule has 0 bridgehead atoms. The lowest BCUT2D eigenvalue weighted by Gasteiger charge is -2.18. The number of carbonyl (C=O) groups is 3. The molecule has 0 aliphatic heterocycles. The van der Waals surface area contributed by atoms with Crippen LogP contribution in [0.15, 0.2) is 24.3 Å². The molecular weight excluding hydrogens is 428 g/mol. The van der Waals surface area contributed by atoms with Crippen LogP contribution in [0.2, 0.25) is 0 Å². The Morgan fingerprint density at radius 2 is 1.84 bits per heavy atom. The summed E-state index contributed by atoms with van der Waals surface area (Å²) in [6, 6.07) is 6.77. The lowest BCUT2D eigenvalue weighted by Crippen LogP contribution is -2.22. The molecule has 1 amide bonds. The number of thiophene rings is 1. The third-order valence-electron chi connectivity index (χ3n) is 5.26. The number of hydrogen-bond acceptors (Lipinski definition) is 7. The van der Waals surface area contributed by atoms with Crippen LogP contribution < -0.4 is 10.6 Å². The van der Waals surface area contributed by atoms with Crippen molar-refractivity contribution in [1.29, 1.82) is 0 Å². The maximum absolute atomic E-state index is 12.6. The summed E-state index contributed by atoms with van der Waals surface area (Å²) in [7, 11) is 0. The lowest BCUT2D eigenvalue weighted by atomic mass is 9.88. The van der Waals surface area contributed by atoms with Crippen LogP contribution in [0, 0.1) is 5.92 Å². The first-order valence-electron chi connectivity index (χ1n) is 11.0. The molecule has 1 aliphatic rings. The number of rotatable bonds is 9. The van der Waals surface area contributed by atoms with Crippen molar-refractivity contribution in [2.24, 2.45) is 5.92 Å². The normalized spacial score (nSPS) is 14.9. The number of esters is 2. The maximum Gasteiger partial charge on any atom is 0.341 e. The summed E-state index contributed by atoms with van der Waals surface area (Å²) in [5.41, 5.74) is 2.69. The van der Waals surface area contributed by atoms with E-state index in [1.54, 1.807) is 31.2 Å². The van der Waals surface area contributed by atoms with Crippen molar-refractivity contribution in [3.05, 3.63) is 45.8 Å². The van der Waals surface area contributed by atoms with Crippen LogP contribution >= 0.6 is 11.3 Å². The van der Waals surface area contributed by atoms with Crippen LogP contribution in [0.3, 0.4) is 0 Å². The molecule has 0 saturated heterocycles. The largest absolute Gasteiger partial charge is 0.462 e. The molecule has 32 heavy (non-hydrogen) atoms. The van der Waals surface area contributed by atoms with Crippen molar-refractivity contribution in [2.75, 3.05) is 30.4 Å². The topological polar surface area (TPSA) is 93.7 Å². The standard InChI is InChI=1S/C24H30N2O5S/c1-4-12-31-23(28)16-7-9-17(10-8-16)25-14-20(27)26-22-21(24(29)30-5-2)18-11-6-15(3)13-19(18)32-22/h7-10,15,25H,4-6,11-14H2,1-3H3,(H,26,27). The Labute approximate surface area is 192 Å². The van der Waals surface area contributed by atoms with Crippen LogP contribution in [0.1, 0.15) is 64.8 Å². The fourth-order valence-corrected chi connectivity index (χ4v) is 5.03. The van der Waals surface area contributed by atoms with E-state index in [2.05, 4.69) is 17.6 Å². The first-order valence-corrected chi connectivity index (χ1v) is 11.9. The Kier molecular flexibility index (Phi) is 8.27. The van der Waals surface area contributed by atoms with Crippen LogP contribution in [0.4, 0.5) is 10.7 Å². The molecule has 0 radical (unpaired) electrons. The molecule has 2 N–H and O–H groups in total. The molecule has 8 heteroatoms. The fraction of sp³-hybridized carbons (Fsp3) is 0.458. The molecular formula is C24H30N2O5S. The molecule has 0 spiro atoms. The van der Waals surface area contributed by atoms with Crippen molar-refractivity contribution < 1.29 is 23.9 Å². The van der Waals surface area contributed by atoms with Crippen LogP contribution in [-0.4, -0.2) is 37.6 Å². The average Bonchev–Trinajstić information content (AvgIpc) is 3.13. The summed E-state index contributed by atoms with van der Waals surface area (Å²) in [4.78, 5) is 38.2. The van der Waals surface area contributed by atoms with Gasteiger partial charge in [0.2, 0.25) is 5.91 Å². The van der Waals surface area contributed by atoms with Gasteiger partial charge < -0.3 is 20.1 Å². The van der Waals surface area contributed by atoms with Gasteiger partial charge in [-0.15, -0.1) is 11.3 Å². The van der Waals surface area contributed by atoms with E-state index >= 15 is 0 Å². The zero-order chi connectivity index (χ0) is 23.1. The van der Waals surface area contributed by atoms with Gasteiger partial charge in [0.05, 0.1) is 30.9 Å². The molecule has 1 unspecified atom stereocenters. The van der Waals surface area contributed by atoms with E-state index < -0.39 is 0 Å². The van der Waals surface area contributed by atoms with Gasteiger partial charge in [-0.2, -0.15) is 0 Å². The van der Waals surface area contributed by atoms with E-state index in [-0.39, 0.29) is 31.0 Å². The summed E-state index contributed by atoms with van der Waals surface area (Å²) in [5.74, 6) is -0.441. The zero-order valence-electron chi connectivity index (χ0n) is 18.8. The second-order valence-electron chi connectivity index (χ2n) is 7.89. The maximum atomic E-state index is 12.6. The Morgan fingerprint density at radius 3 is 2.53 bits per heavy atom. The second-order valence-corrected chi connectivity index (χ2v) is 9.00. The molecule has 0 saturated carbocycles. The van der Waals surface area contributed by atoms with Crippen molar-refractivity contribution in [2.45, 2.75) is 46.5 Å². The quantitative estimate of drug-likeness (QED) is 0.531. The van der Waals surface area contributed by atoms with Crippen molar-refractivity contribution in [1.82, 2.24) is 0 Å². The van der Waals surface area contributed by atoms with Gasteiger partial charge in [-0.25, -0.2) is 9.59 Å². The summed E-state index contributed by atoms with van der Waals surface area (Å²) in [6.07, 6.45) is 3.52. The molecule has 0 fully saturated rings. The van der Waals surface area contributed by atoms with Crippen molar-refractivity contribution in [3.8, 4) is 0 Å². The molecule has 3 rings (SSSR count). The predicted octanol–water partition coefficient (Wildman–Crippen LogP) is 4.67. The first-order chi connectivity index (χ1) is 15.4. The van der Waals surface area contributed by atoms with Gasteiger partial charge in [-0.3, -0.25) is 4.79 Å². The number of ether oxygens (including phenoxy) is 2. The van der Waals surface area contributed by atoms with E-state index in [0.29, 0.717) is 34.3 Å². The molecule has 1 aromatic carbocycles. The molecule has 7 nitrogen and oxygen atoms in total. The van der Waals surface area contributed by atoms with Gasteiger partial charge in [0.15, 0.2) is 0 Å². The van der Waals surface area contributed by atoms with Gasteiger partial charge >= 0.3 is 11.9 Å². The van der Waals surface area contributed by atoms with E-state index in [0.717, 1.165) is 36.1 Å². The monoisotopic (exact) mass is 458 g/mol.